The van der Waals surface area contributed by atoms with Crippen molar-refractivity contribution in [3.05, 3.63) is 159 Å². The average Bonchev–Trinajstić information content (AvgIpc) is 3.81. The largest absolute Gasteiger partial charge is 1.00 e. The number of benzene rings is 4. The molecule has 3 heteroatoms. The third kappa shape index (κ3) is 8.54. The Bertz CT molecular complexity index is 2100. The summed E-state index contributed by atoms with van der Waals surface area (Å²) in [5, 5.41) is 5.57. The van der Waals surface area contributed by atoms with Crippen molar-refractivity contribution in [2.45, 2.75) is 93.4 Å². The molecule has 8 rings (SSSR count). The number of fused-ring (bicyclic) bond motifs is 5. The van der Waals surface area contributed by atoms with Gasteiger partial charge in [0, 0.05) is 10.8 Å². The van der Waals surface area contributed by atoms with Crippen LogP contribution in [0.15, 0.2) is 109 Å². The maximum Gasteiger partial charge on any atom is -1.00 e. The molecule has 0 unspecified atom stereocenters. The van der Waals surface area contributed by atoms with Gasteiger partial charge >= 0.3 is 112 Å². The summed E-state index contributed by atoms with van der Waals surface area (Å²) >= 11 is 1.46. The van der Waals surface area contributed by atoms with E-state index in [4.69, 9.17) is 0 Å². The van der Waals surface area contributed by atoms with Crippen LogP contribution in [0.4, 0.5) is 0 Å². The van der Waals surface area contributed by atoms with Crippen LogP contribution in [0.1, 0.15) is 113 Å². The normalized spacial score (nSPS) is 15.9. The van der Waals surface area contributed by atoms with E-state index in [2.05, 4.69) is 185 Å². The van der Waals surface area contributed by atoms with Crippen LogP contribution in [0.3, 0.4) is 0 Å². The van der Waals surface area contributed by atoms with E-state index in [0.717, 1.165) is 6.42 Å². The Morgan fingerprint density at radius 1 is 0.654 bits per heavy atom. The van der Waals surface area contributed by atoms with Crippen molar-refractivity contribution >= 4 is 35.9 Å². The second-order valence-corrected chi connectivity index (χ2v) is 18.0. The van der Waals surface area contributed by atoms with Crippen LogP contribution in [-0.2, 0) is 35.1 Å². The second kappa shape index (κ2) is 15.8. The minimum Gasteiger partial charge on any atom is -1.00 e. The molecule has 0 N–H and O–H groups in total. The molecule has 0 nitrogen and oxygen atoms in total. The van der Waals surface area contributed by atoms with Gasteiger partial charge in [-0.1, -0.05) is 89.3 Å². The predicted molar refractivity (Wildman–Crippen MR) is 216 cm³/mol. The van der Waals surface area contributed by atoms with Crippen LogP contribution >= 0.6 is 0 Å². The fourth-order valence-electron chi connectivity index (χ4n) is 7.74. The zero-order valence-corrected chi connectivity index (χ0v) is 36.7. The topological polar surface area (TPSA) is 0 Å². The summed E-state index contributed by atoms with van der Waals surface area (Å²) < 4.78 is 1.42. The monoisotopic (exact) mass is 800 g/mol. The molecular formula is C49H52Cl2Zr-2. The Balaban J connectivity index is 0.000000193. The Hall–Kier alpha value is -2.96. The van der Waals surface area contributed by atoms with Crippen LogP contribution in [0.2, 0.25) is 0 Å². The molecule has 3 aliphatic carbocycles. The van der Waals surface area contributed by atoms with Crippen molar-refractivity contribution < 1.29 is 49.0 Å². The fraction of sp³-hybridized carbons (Fsp3) is 0.306. The van der Waals surface area contributed by atoms with Crippen molar-refractivity contribution in [3.63, 3.8) is 0 Å². The Labute approximate surface area is 340 Å². The predicted octanol–water partition coefficient (Wildman–Crippen LogP) is 7.25. The zero-order chi connectivity index (χ0) is 36.2. The molecule has 0 saturated heterocycles. The molecule has 0 saturated carbocycles. The van der Waals surface area contributed by atoms with Crippen molar-refractivity contribution in [1.29, 1.82) is 0 Å². The summed E-state index contributed by atoms with van der Waals surface area (Å²) in [4.78, 5) is 0. The first kappa shape index (κ1) is 41.8. The van der Waals surface area contributed by atoms with E-state index in [9.17, 15) is 0 Å². The number of aryl methyl sites for hydroxylation is 2. The van der Waals surface area contributed by atoms with Gasteiger partial charge in [0.1, 0.15) is 0 Å². The van der Waals surface area contributed by atoms with Gasteiger partial charge in [-0.15, -0.1) is 46.2 Å². The molecule has 52 heavy (non-hydrogen) atoms. The summed E-state index contributed by atoms with van der Waals surface area (Å²) in [7, 11) is 0. The Morgan fingerprint density at radius 3 is 1.38 bits per heavy atom. The number of rotatable bonds is 2. The molecular weight excluding hydrogens is 751 g/mol. The molecule has 0 heterocycles. The van der Waals surface area contributed by atoms with Gasteiger partial charge in [-0.3, -0.25) is 6.08 Å². The van der Waals surface area contributed by atoms with E-state index in [0.29, 0.717) is 5.41 Å². The maximum atomic E-state index is 3.16. The van der Waals surface area contributed by atoms with Gasteiger partial charge in [0.15, 0.2) is 0 Å². The molecule has 0 atom stereocenters. The molecule has 268 valence electrons. The summed E-state index contributed by atoms with van der Waals surface area (Å²) in [6.07, 6.45) is 13.3. The Kier molecular flexibility index (Phi) is 12.7. The van der Waals surface area contributed by atoms with Gasteiger partial charge in [0.2, 0.25) is 0 Å². The number of allylic oxidation sites excluding steroid dienone is 8. The summed E-state index contributed by atoms with van der Waals surface area (Å²) in [6, 6.07) is 29.6. The van der Waals surface area contributed by atoms with Crippen LogP contribution in [0.25, 0.3) is 32.7 Å². The molecule has 5 aromatic carbocycles. The fourth-order valence-corrected chi connectivity index (χ4v) is 8.56. The van der Waals surface area contributed by atoms with Gasteiger partial charge in [-0.2, -0.15) is 11.6 Å². The zero-order valence-electron chi connectivity index (χ0n) is 32.8. The summed E-state index contributed by atoms with van der Waals surface area (Å²) in [6.45, 7) is 24.7. The van der Waals surface area contributed by atoms with E-state index in [1.54, 1.807) is 0 Å². The SMILES string of the molecule is CC(C)(C)C1=CC[C-]=C1.CC1=CC(C)(C)c2cc3[cH-]c4cc5c(cc4c3cc21)C(C)=CC5(C)C.Cc1ccc([C](=[Zr+2])c2ccc(C)cc2)cc1.[Cl-].[Cl-]. The van der Waals surface area contributed by atoms with Gasteiger partial charge in [0.25, 0.3) is 0 Å². The third-order valence-corrected chi connectivity index (χ3v) is 12.0. The van der Waals surface area contributed by atoms with Gasteiger partial charge in [-0.05, 0) is 36.1 Å². The van der Waals surface area contributed by atoms with Crippen molar-refractivity contribution in [2.24, 2.45) is 5.41 Å². The first-order chi connectivity index (χ1) is 23.4. The minimum atomic E-state index is 0. The number of halogens is 2. The van der Waals surface area contributed by atoms with Crippen LogP contribution in [-0.4, -0.2) is 3.21 Å². The second-order valence-electron chi connectivity index (χ2n) is 16.8. The average molecular weight is 803 g/mol. The van der Waals surface area contributed by atoms with Crippen molar-refractivity contribution in [3.8, 4) is 0 Å². The van der Waals surface area contributed by atoms with Crippen LogP contribution in [0, 0.1) is 25.3 Å². The number of hydrogen-bond donors (Lipinski definition) is 0. The van der Waals surface area contributed by atoms with Crippen LogP contribution in [0.5, 0.6) is 0 Å². The first-order valence-electron chi connectivity index (χ1n) is 18.1. The molecule has 0 spiro atoms. The molecule has 0 radical (unpaired) electrons. The quantitative estimate of drug-likeness (QED) is 0.165. The minimum absolute atomic E-state index is 0. The Morgan fingerprint density at radius 2 is 1.06 bits per heavy atom. The molecule has 0 aliphatic heterocycles. The van der Waals surface area contributed by atoms with E-state index in [1.807, 2.05) is 0 Å². The van der Waals surface area contributed by atoms with E-state index < -0.39 is 0 Å². The van der Waals surface area contributed by atoms with Gasteiger partial charge in [-0.25, -0.2) is 6.08 Å². The van der Waals surface area contributed by atoms with E-state index in [1.165, 1.54) is 110 Å². The van der Waals surface area contributed by atoms with Gasteiger partial charge in [0.05, 0.1) is 0 Å². The van der Waals surface area contributed by atoms with E-state index in [-0.39, 0.29) is 35.6 Å². The van der Waals surface area contributed by atoms with Gasteiger partial charge < -0.3 is 24.8 Å². The maximum absolute atomic E-state index is 3.16. The smallest absolute Gasteiger partial charge is 1.00 e. The first-order valence-corrected chi connectivity index (χ1v) is 19.3. The molecule has 0 aromatic heterocycles. The number of hydrogen-bond acceptors (Lipinski definition) is 0. The molecule has 0 amide bonds. The van der Waals surface area contributed by atoms with E-state index >= 15 is 0 Å². The molecule has 0 bridgehead atoms. The molecule has 5 aromatic rings. The summed E-state index contributed by atoms with van der Waals surface area (Å²) in [5.74, 6) is 0. The van der Waals surface area contributed by atoms with Crippen molar-refractivity contribution in [2.75, 3.05) is 0 Å². The molecule has 0 fully saturated rings. The van der Waals surface area contributed by atoms with Crippen LogP contribution < -0.4 is 24.8 Å². The summed E-state index contributed by atoms with van der Waals surface area (Å²) in [5.41, 5.74) is 16.0. The van der Waals surface area contributed by atoms with Crippen molar-refractivity contribution in [1.82, 2.24) is 0 Å². The molecule has 3 aliphatic rings. The third-order valence-electron chi connectivity index (χ3n) is 10.6. The standard InChI is InChI=1S/C25H25.C15H14.C9H13.2ClH.Zr/c1-14-12-24(3,4)22-8-16-7-17-9-23-19(15(2)13-25(23,5)6)11-21(17)20(16)10-18(14)22;1-12-3-7-14(8-4-12)11-15-9-5-13(2)6-10-15;1-9(2,3)8-6-4-5-7-8;;;/h7-13H,1-6H3;3-10H,1-2H3;6-7H,4H2,1-3H3;2*1H;/q-1;;-1;;;+2/p-2.